The van der Waals surface area contributed by atoms with E-state index in [2.05, 4.69) is 10.0 Å². The zero-order chi connectivity index (χ0) is 13.2. The summed E-state index contributed by atoms with van der Waals surface area (Å²) in [4.78, 5) is 2.39. The average molecular weight is 288 g/mol. The van der Waals surface area contributed by atoms with Gasteiger partial charge in [0.05, 0.1) is 4.90 Å². The Labute approximate surface area is 113 Å². The molecule has 1 aromatic rings. The molecule has 0 bridgehead atoms. The highest BCUT2D eigenvalue weighted by molar-refractivity contribution is 7.89. The van der Waals surface area contributed by atoms with Gasteiger partial charge in [0.1, 0.15) is 0 Å². The maximum atomic E-state index is 12.2. The largest absolute Gasteiger partial charge is 0.312 e. The minimum atomic E-state index is -3.32. The van der Waals surface area contributed by atoms with Gasteiger partial charge < -0.3 is 5.32 Å². The fourth-order valence-corrected chi connectivity index (χ4v) is 4.85. The lowest BCUT2D eigenvalue weighted by molar-refractivity contribution is 0.383. The van der Waals surface area contributed by atoms with Gasteiger partial charge in [-0.25, -0.2) is 13.1 Å². The predicted octanol–water partition coefficient (Wildman–Crippen LogP) is 2.00. The molecule has 18 heavy (non-hydrogen) atoms. The fraction of sp³-hybridized carbons (Fsp3) is 0.667. The molecule has 1 saturated carbocycles. The van der Waals surface area contributed by atoms with Crippen LogP contribution in [0.25, 0.3) is 0 Å². The predicted molar refractivity (Wildman–Crippen MR) is 74.4 cm³/mol. The molecule has 0 amide bonds. The van der Waals surface area contributed by atoms with Crippen molar-refractivity contribution in [2.24, 2.45) is 0 Å². The summed E-state index contributed by atoms with van der Waals surface area (Å²) in [5, 5.41) is 3.21. The second kappa shape index (κ2) is 5.69. The summed E-state index contributed by atoms with van der Waals surface area (Å²) in [5.41, 5.74) is 0. The molecular formula is C12H20N2O2S2. The lowest BCUT2D eigenvalue weighted by Gasteiger charge is -2.25. The van der Waals surface area contributed by atoms with Crippen molar-refractivity contribution in [3.05, 3.63) is 15.8 Å². The van der Waals surface area contributed by atoms with Crippen LogP contribution in [0.5, 0.6) is 0 Å². The SMILES string of the molecule is CCNCc1cc(S(=O)(=O)NC2CCC2)c(C)s1. The van der Waals surface area contributed by atoms with Gasteiger partial charge in [0.2, 0.25) is 10.0 Å². The van der Waals surface area contributed by atoms with E-state index in [4.69, 9.17) is 0 Å². The molecule has 102 valence electrons. The molecule has 0 aliphatic heterocycles. The van der Waals surface area contributed by atoms with Gasteiger partial charge >= 0.3 is 0 Å². The van der Waals surface area contributed by atoms with E-state index in [0.29, 0.717) is 4.90 Å². The van der Waals surface area contributed by atoms with Crippen molar-refractivity contribution >= 4 is 21.4 Å². The molecule has 6 heteroatoms. The van der Waals surface area contributed by atoms with Gasteiger partial charge in [-0.05, 0) is 32.4 Å². The Morgan fingerprint density at radius 1 is 1.44 bits per heavy atom. The standard InChI is InChI=1S/C12H20N2O2S2/c1-3-13-8-11-7-12(9(2)17-11)18(15,16)14-10-5-4-6-10/h7,10,13-14H,3-6,8H2,1-2H3. The first-order valence-corrected chi connectivity index (χ1v) is 8.65. The Kier molecular flexibility index (Phi) is 4.42. The normalized spacial score (nSPS) is 16.8. The van der Waals surface area contributed by atoms with E-state index in [9.17, 15) is 8.42 Å². The Morgan fingerprint density at radius 2 is 2.17 bits per heavy atom. The minimum absolute atomic E-state index is 0.145. The molecule has 1 heterocycles. The maximum absolute atomic E-state index is 12.2. The third kappa shape index (κ3) is 3.12. The second-order valence-electron chi connectivity index (χ2n) is 4.66. The van der Waals surface area contributed by atoms with Crippen LogP contribution in [0.4, 0.5) is 0 Å². The number of aryl methyl sites for hydroxylation is 1. The molecule has 0 spiro atoms. The number of thiophene rings is 1. The molecule has 2 rings (SSSR count). The molecule has 1 aliphatic carbocycles. The topological polar surface area (TPSA) is 58.2 Å². The Bertz CT molecular complexity index is 504. The number of hydrogen-bond donors (Lipinski definition) is 2. The summed E-state index contributed by atoms with van der Waals surface area (Å²) in [6, 6.07) is 1.94. The van der Waals surface area contributed by atoms with Crippen LogP contribution in [0.1, 0.15) is 35.9 Å². The van der Waals surface area contributed by atoms with E-state index in [1.165, 1.54) is 0 Å². The second-order valence-corrected chi connectivity index (χ2v) is 7.69. The van der Waals surface area contributed by atoms with Gasteiger partial charge in [0.25, 0.3) is 0 Å². The number of hydrogen-bond acceptors (Lipinski definition) is 4. The lowest BCUT2D eigenvalue weighted by atomic mass is 9.94. The third-order valence-electron chi connectivity index (χ3n) is 3.19. The molecule has 0 radical (unpaired) electrons. The van der Waals surface area contributed by atoms with Crippen LogP contribution < -0.4 is 10.0 Å². The first kappa shape index (κ1) is 14.0. The van der Waals surface area contributed by atoms with E-state index >= 15 is 0 Å². The van der Waals surface area contributed by atoms with Gasteiger partial charge in [-0.2, -0.15) is 0 Å². The summed E-state index contributed by atoms with van der Waals surface area (Å²) in [5.74, 6) is 0. The molecule has 2 N–H and O–H groups in total. The summed E-state index contributed by atoms with van der Waals surface area (Å²) in [6.07, 6.45) is 3.06. The van der Waals surface area contributed by atoms with Gasteiger partial charge in [-0.1, -0.05) is 13.3 Å². The van der Waals surface area contributed by atoms with Crippen LogP contribution in [0.2, 0.25) is 0 Å². The van der Waals surface area contributed by atoms with Crippen molar-refractivity contribution < 1.29 is 8.42 Å². The average Bonchev–Trinajstić information content (AvgIpc) is 2.63. The summed E-state index contributed by atoms with van der Waals surface area (Å²) >= 11 is 1.55. The minimum Gasteiger partial charge on any atom is -0.312 e. The summed E-state index contributed by atoms with van der Waals surface area (Å²) in [7, 11) is -3.32. The van der Waals surface area contributed by atoms with Crippen LogP contribution in [0.15, 0.2) is 11.0 Å². The number of sulfonamides is 1. The zero-order valence-electron chi connectivity index (χ0n) is 10.8. The Hall–Kier alpha value is -0.430. The zero-order valence-corrected chi connectivity index (χ0v) is 12.5. The molecule has 1 aliphatic rings. The van der Waals surface area contributed by atoms with Crippen molar-refractivity contribution in [2.75, 3.05) is 6.54 Å². The number of rotatable bonds is 6. The molecule has 0 atom stereocenters. The Balaban J connectivity index is 2.13. The summed E-state index contributed by atoms with van der Waals surface area (Å²) < 4.78 is 27.2. The van der Waals surface area contributed by atoms with Crippen LogP contribution in [0.3, 0.4) is 0 Å². The van der Waals surface area contributed by atoms with E-state index in [1.54, 1.807) is 17.4 Å². The maximum Gasteiger partial charge on any atom is 0.241 e. The summed E-state index contributed by atoms with van der Waals surface area (Å²) in [6.45, 7) is 5.53. The van der Waals surface area contributed by atoms with Crippen molar-refractivity contribution in [3.8, 4) is 0 Å². The fourth-order valence-electron chi connectivity index (χ4n) is 1.94. The van der Waals surface area contributed by atoms with Gasteiger partial charge in [-0.15, -0.1) is 11.3 Å². The quantitative estimate of drug-likeness (QED) is 0.842. The highest BCUT2D eigenvalue weighted by atomic mass is 32.2. The van der Waals surface area contributed by atoms with E-state index in [0.717, 1.165) is 42.1 Å². The van der Waals surface area contributed by atoms with Crippen LogP contribution >= 0.6 is 11.3 Å². The van der Waals surface area contributed by atoms with Gasteiger partial charge in [0.15, 0.2) is 0 Å². The van der Waals surface area contributed by atoms with Crippen LogP contribution in [-0.4, -0.2) is 21.0 Å². The number of nitrogens with one attached hydrogen (secondary N) is 2. The van der Waals surface area contributed by atoms with Crippen LogP contribution in [0, 0.1) is 6.92 Å². The Morgan fingerprint density at radius 3 is 2.72 bits per heavy atom. The van der Waals surface area contributed by atoms with Crippen molar-refractivity contribution in [1.82, 2.24) is 10.0 Å². The smallest absolute Gasteiger partial charge is 0.241 e. The monoisotopic (exact) mass is 288 g/mol. The molecule has 0 aromatic carbocycles. The van der Waals surface area contributed by atoms with Gasteiger partial charge in [-0.3, -0.25) is 0 Å². The first-order chi connectivity index (χ1) is 8.53. The molecule has 4 nitrogen and oxygen atoms in total. The molecule has 0 saturated heterocycles. The third-order valence-corrected chi connectivity index (χ3v) is 6.02. The molecule has 0 unspecified atom stereocenters. The highest BCUT2D eigenvalue weighted by Gasteiger charge is 2.26. The van der Waals surface area contributed by atoms with E-state index in [-0.39, 0.29) is 6.04 Å². The van der Waals surface area contributed by atoms with Crippen molar-refractivity contribution in [3.63, 3.8) is 0 Å². The van der Waals surface area contributed by atoms with Crippen molar-refractivity contribution in [1.29, 1.82) is 0 Å². The van der Waals surface area contributed by atoms with E-state index in [1.807, 2.05) is 13.8 Å². The van der Waals surface area contributed by atoms with Crippen molar-refractivity contribution in [2.45, 2.75) is 50.6 Å². The van der Waals surface area contributed by atoms with E-state index < -0.39 is 10.0 Å². The molecule has 1 fully saturated rings. The van der Waals surface area contributed by atoms with Gasteiger partial charge in [0, 0.05) is 22.3 Å². The first-order valence-electron chi connectivity index (χ1n) is 6.35. The lowest BCUT2D eigenvalue weighted by Crippen LogP contribution is -2.39. The van der Waals surface area contributed by atoms with Crippen LogP contribution in [-0.2, 0) is 16.6 Å². The molecule has 1 aromatic heterocycles. The molecular weight excluding hydrogens is 268 g/mol. The highest BCUT2D eigenvalue weighted by Crippen LogP contribution is 2.27.